The minimum atomic E-state index is -0.399. The SMILES string of the molecule is Nc1cnc(Cl)cc1C(=O)OC1CCCCCC1. The number of ether oxygens (including phenoxy) is 1. The Bertz CT molecular complexity index is 429. The van der Waals surface area contributed by atoms with Crippen LogP contribution >= 0.6 is 11.6 Å². The van der Waals surface area contributed by atoms with Crippen LogP contribution in [0.2, 0.25) is 5.15 Å². The van der Waals surface area contributed by atoms with E-state index in [0.29, 0.717) is 11.3 Å². The van der Waals surface area contributed by atoms with Crippen molar-refractivity contribution in [2.45, 2.75) is 44.6 Å². The average molecular weight is 269 g/mol. The van der Waals surface area contributed by atoms with Crippen molar-refractivity contribution in [3.8, 4) is 0 Å². The molecule has 4 nitrogen and oxygen atoms in total. The van der Waals surface area contributed by atoms with Crippen molar-refractivity contribution in [1.82, 2.24) is 4.98 Å². The standard InChI is InChI=1S/C13H17ClN2O2/c14-12-7-10(11(15)8-16-12)13(17)18-9-5-3-1-2-4-6-9/h7-9H,1-6,15H2. The Labute approximate surface area is 111 Å². The summed E-state index contributed by atoms with van der Waals surface area (Å²) in [4.78, 5) is 15.8. The van der Waals surface area contributed by atoms with Crippen LogP contribution in [0.25, 0.3) is 0 Å². The number of anilines is 1. The van der Waals surface area contributed by atoms with Gasteiger partial charge >= 0.3 is 5.97 Å². The van der Waals surface area contributed by atoms with Crippen LogP contribution in [0.3, 0.4) is 0 Å². The summed E-state index contributed by atoms with van der Waals surface area (Å²) < 4.78 is 5.49. The largest absolute Gasteiger partial charge is 0.459 e. The fourth-order valence-corrected chi connectivity index (χ4v) is 2.35. The number of nitrogen functional groups attached to an aromatic ring is 1. The first-order valence-corrected chi connectivity index (χ1v) is 6.66. The molecule has 0 amide bonds. The molecule has 0 aromatic carbocycles. The van der Waals surface area contributed by atoms with Gasteiger partial charge in [-0.25, -0.2) is 9.78 Å². The van der Waals surface area contributed by atoms with Crippen LogP contribution in [0.5, 0.6) is 0 Å². The van der Waals surface area contributed by atoms with Crippen LogP contribution in [0, 0.1) is 0 Å². The van der Waals surface area contributed by atoms with E-state index in [1.165, 1.54) is 25.1 Å². The number of halogens is 1. The minimum absolute atomic E-state index is 0.00587. The molecular weight excluding hydrogens is 252 g/mol. The topological polar surface area (TPSA) is 65.2 Å². The Kier molecular flexibility index (Phi) is 4.42. The summed E-state index contributed by atoms with van der Waals surface area (Å²) in [5.41, 5.74) is 6.31. The number of hydrogen-bond donors (Lipinski definition) is 1. The van der Waals surface area contributed by atoms with Gasteiger partial charge in [-0.3, -0.25) is 0 Å². The lowest BCUT2D eigenvalue weighted by Gasteiger charge is -2.16. The summed E-state index contributed by atoms with van der Waals surface area (Å²) in [6, 6.07) is 1.45. The quantitative estimate of drug-likeness (QED) is 0.508. The van der Waals surface area contributed by atoms with Crippen molar-refractivity contribution in [2.24, 2.45) is 0 Å². The highest BCUT2D eigenvalue weighted by Gasteiger charge is 2.19. The Hall–Kier alpha value is -1.29. The van der Waals surface area contributed by atoms with E-state index in [4.69, 9.17) is 22.1 Å². The average Bonchev–Trinajstić information content (AvgIpc) is 2.61. The van der Waals surface area contributed by atoms with E-state index >= 15 is 0 Å². The number of pyridine rings is 1. The maximum Gasteiger partial charge on any atom is 0.340 e. The molecule has 1 aromatic heterocycles. The highest BCUT2D eigenvalue weighted by molar-refractivity contribution is 6.29. The van der Waals surface area contributed by atoms with Gasteiger partial charge in [0.25, 0.3) is 0 Å². The molecule has 1 aliphatic rings. The molecular formula is C13H17ClN2O2. The van der Waals surface area contributed by atoms with E-state index in [1.54, 1.807) is 0 Å². The van der Waals surface area contributed by atoms with Gasteiger partial charge in [0, 0.05) is 0 Å². The van der Waals surface area contributed by atoms with E-state index in [9.17, 15) is 4.79 Å². The molecule has 5 heteroatoms. The predicted molar refractivity (Wildman–Crippen MR) is 70.6 cm³/mol. The van der Waals surface area contributed by atoms with Gasteiger partial charge in [0.1, 0.15) is 11.3 Å². The Balaban J connectivity index is 2.04. The highest BCUT2D eigenvalue weighted by Crippen LogP contribution is 2.22. The summed E-state index contributed by atoms with van der Waals surface area (Å²) in [5.74, 6) is -0.399. The lowest BCUT2D eigenvalue weighted by molar-refractivity contribution is 0.0268. The number of aromatic nitrogens is 1. The highest BCUT2D eigenvalue weighted by atomic mass is 35.5. The first kappa shape index (κ1) is 13.1. The molecule has 1 aromatic rings. The Morgan fingerprint density at radius 3 is 2.67 bits per heavy atom. The molecule has 2 rings (SSSR count). The lowest BCUT2D eigenvalue weighted by Crippen LogP contribution is -2.18. The zero-order valence-corrected chi connectivity index (χ0v) is 10.9. The number of hydrogen-bond acceptors (Lipinski definition) is 4. The third kappa shape index (κ3) is 3.35. The van der Waals surface area contributed by atoms with E-state index in [-0.39, 0.29) is 11.3 Å². The molecule has 18 heavy (non-hydrogen) atoms. The fraction of sp³-hybridized carbons (Fsp3) is 0.538. The molecule has 0 unspecified atom stereocenters. The zero-order chi connectivity index (χ0) is 13.0. The normalized spacial score (nSPS) is 17.2. The van der Waals surface area contributed by atoms with Crippen LogP contribution in [0.1, 0.15) is 48.9 Å². The molecule has 0 atom stereocenters. The summed E-state index contributed by atoms with van der Waals surface area (Å²) in [6.45, 7) is 0. The van der Waals surface area contributed by atoms with Crippen molar-refractivity contribution >= 4 is 23.3 Å². The lowest BCUT2D eigenvalue weighted by atomic mass is 10.1. The van der Waals surface area contributed by atoms with E-state index < -0.39 is 5.97 Å². The molecule has 2 N–H and O–H groups in total. The maximum absolute atomic E-state index is 12.0. The predicted octanol–water partition coefficient (Wildman–Crippen LogP) is 3.20. The van der Waals surface area contributed by atoms with Gasteiger partial charge in [-0.05, 0) is 31.7 Å². The van der Waals surface area contributed by atoms with Crippen LogP contribution in [0.15, 0.2) is 12.3 Å². The first-order valence-electron chi connectivity index (χ1n) is 6.29. The van der Waals surface area contributed by atoms with Crippen molar-refractivity contribution < 1.29 is 9.53 Å². The zero-order valence-electron chi connectivity index (χ0n) is 10.2. The molecule has 1 heterocycles. The molecule has 0 radical (unpaired) electrons. The molecule has 0 spiro atoms. The minimum Gasteiger partial charge on any atom is -0.459 e. The Morgan fingerprint density at radius 1 is 1.33 bits per heavy atom. The van der Waals surface area contributed by atoms with Crippen molar-refractivity contribution in [1.29, 1.82) is 0 Å². The van der Waals surface area contributed by atoms with Gasteiger partial charge in [-0.1, -0.05) is 24.4 Å². The van der Waals surface area contributed by atoms with Gasteiger partial charge < -0.3 is 10.5 Å². The summed E-state index contributed by atoms with van der Waals surface area (Å²) in [7, 11) is 0. The second kappa shape index (κ2) is 6.05. The molecule has 0 aliphatic heterocycles. The number of rotatable bonds is 2. The smallest absolute Gasteiger partial charge is 0.340 e. The molecule has 1 fully saturated rings. The van der Waals surface area contributed by atoms with E-state index in [0.717, 1.165) is 25.7 Å². The number of nitrogens with zero attached hydrogens (tertiary/aromatic N) is 1. The molecule has 0 saturated heterocycles. The monoisotopic (exact) mass is 268 g/mol. The van der Waals surface area contributed by atoms with Crippen LogP contribution in [-0.2, 0) is 4.74 Å². The number of carbonyl (C=O) groups excluding carboxylic acids is 1. The number of nitrogens with two attached hydrogens (primary N) is 1. The number of carbonyl (C=O) groups is 1. The summed E-state index contributed by atoms with van der Waals surface area (Å²) in [5, 5.41) is 0.247. The van der Waals surface area contributed by atoms with Crippen LogP contribution in [0.4, 0.5) is 5.69 Å². The second-order valence-corrected chi connectivity index (χ2v) is 5.00. The van der Waals surface area contributed by atoms with Gasteiger partial charge in [0.2, 0.25) is 0 Å². The summed E-state index contributed by atoms with van der Waals surface area (Å²) in [6.07, 6.45) is 7.93. The van der Waals surface area contributed by atoms with Gasteiger partial charge in [0.15, 0.2) is 0 Å². The summed E-state index contributed by atoms with van der Waals surface area (Å²) >= 11 is 5.76. The van der Waals surface area contributed by atoms with Crippen molar-refractivity contribution in [2.75, 3.05) is 5.73 Å². The van der Waals surface area contributed by atoms with E-state index in [2.05, 4.69) is 4.98 Å². The van der Waals surface area contributed by atoms with Crippen molar-refractivity contribution in [3.05, 3.63) is 23.0 Å². The Morgan fingerprint density at radius 2 is 2.00 bits per heavy atom. The third-order valence-electron chi connectivity index (χ3n) is 3.20. The molecule has 1 aliphatic carbocycles. The third-order valence-corrected chi connectivity index (χ3v) is 3.40. The van der Waals surface area contributed by atoms with Gasteiger partial charge in [0.05, 0.1) is 17.4 Å². The maximum atomic E-state index is 12.0. The number of esters is 1. The van der Waals surface area contributed by atoms with Crippen LogP contribution < -0.4 is 5.73 Å². The molecule has 1 saturated carbocycles. The van der Waals surface area contributed by atoms with Crippen molar-refractivity contribution in [3.63, 3.8) is 0 Å². The fourth-order valence-electron chi connectivity index (χ4n) is 2.19. The second-order valence-electron chi connectivity index (χ2n) is 4.61. The van der Waals surface area contributed by atoms with Crippen LogP contribution in [-0.4, -0.2) is 17.1 Å². The first-order chi connectivity index (χ1) is 8.66. The molecule has 0 bridgehead atoms. The molecule has 98 valence electrons. The van der Waals surface area contributed by atoms with Gasteiger partial charge in [-0.2, -0.15) is 0 Å². The van der Waals surface area contributed by atoms with Gasteiger partial charge in [-0.15, -0.1) is 0 Å². The van der Waals surface area contributed by atoms with E-state index in [1.807, 2.05) is 0 Å².